The summed E-state index contributed by atoms with van der Waals surface area (Å²) in [6, 6.07) is 18.4. The van der Waals surface area contributed by atoms with E-state index >= 15 is 0 Å². The van der Waals surface area contributed by atoms with Crippen LogP contribution < -0.4 is 16.0 Å². The Labute approximate surface area is 159 Å². The number of pyridine rings is 1. The summed E-state index contributed by atoms with van der Waals surface area (Å²) in [5, 5.41) is 0. The molecule has 132 valence electrons. The Morgan fingerprint density at radius 2 is 1.69 bits per heavy atom. The quantitative estimate of drug-likeness (QED) is 0.674. The zero-order valence-electron chi connectivity index (χ0n) is 13.9. The second kappa shape index (κ2) is 8.01. The molecule has 2 aromatic carbocycles. The predicted octanol–water partition coefficient (Wildman–Crippen LogP) is 3.34. The molecule has 0 aliphatic heterocycles. The monoisotopic (exact) mass is 412 g/mol. The number of amides is 1. The molecule has 2 N–H and O–H groups in total. The summed E-state index contributed by atoms with van der Waals surface area (Å²) in [6.07, 6.45) is 1.69. The van der Waals surface area contributed by atoms with E-state index in [1.54, 1.807) is 41.1 Å². The lowest BCUT2D eigenvalue weighted by atomic mass is 10.1. The normalized spacial score (nSPS) is 10.5. The Bertz CT molecular complexity index is 967. The van der Waals surface area contributed by atoms with E-state index in [-0.39, 0.29) is 5.56 Å². The van der Waals surface area contributed by atoms with Crippen molar-refractivity contribution < 1.29 is 9.53 Å². The molecule has 0 radical (unpaired) electrons. The molecule has 1 heterocycles. The molecule has 3 aromatic rings. The third-order valence-corrected chi connectivity index (χ3v) is 4.63. The molecule has 0 unspecified atom stereocenters. The standard InChI is InChI=1S/C20H17BrN2O3/c21-18-17(26-13-15-4-2-1-3-5-15)10-11-23(20(18)25)12-14-6-8-16(9-7-14)19(22)24/h1-11H,12-13H2,(H2,22,24). The Morgan fingerprint density at radius 3 is 2.35 bits per heavy atom. The van der Waals surface area contributed by atoms with Crippen LogP contribution >= 0.6 is 15.9 Å². The lowest BCUT2D eigenvalue weighted by Gasteiger charge is -2.11. The van der Waals surface area contributed by atoms with Crippen LogP contribution in [0.3, 0.4) is 0 Å². The van der Waals surface area contributed by atoms with Crippen molar-refractivity contribution in [3.05, 3.63) is 98.4 Å². The first kappa shape index (κ1) is 17.9. The fourth-order valence-electron chi connectivity index (χ4n) is 2.47. The van der Waals surface area contributed by atoms with Crippen molar-refractivity contribution in [3.8, 4) is 5.75 Å². The molecule has 0 bridgehead atoms. The largest absolute Gasteiger partial charge is 0.487 e. The minimum Gasteiger partial charge on any atom is -0.487 e. The van der Waals surface area contributed by atoms with Gasteiger partial charge in [0.15, 0.2) is 0 Å². The molecule has 1 aromatic heterocycles. The molecule has 0 atom stereocenters. The lowest BCUT2D eigenvalue weighted by molar-refractivity contribution is 0.100. The van der Waals surface area contributed by atoms with Crippen LogP contribution in [0.15, 0.2) is 76.1 Å². The maximum Gasteiger partial charge on any atom is 0.268 e. The maximum atomic E-state index is 12.5. The number of hydrogen-bond acceptors (Lipinski definition) is 3. The Hall–Kier alpha value is -2.86. The van der Waals surface area contributed by atoms with Gasteiger partial charge in [0.05, 0.1) is 6.54 Å². The molecule has 3 rings (SSSR count). The van der Waals surface area contributed by atoms with E-state index in [2.05, 4.69) is 15.9 Å². The van der Waals surface area contributed by atoms with Gasteiger partial charge in [-0.15, -0.1) is 0 Å². The minimum absolute atomic E-state index is 0.186. The van der Waals surface area contributed by atoms with Gasteiger partial charge >= 0.3 is 0 Å². The molecule has 0 aliphatic carbocycles. The van der Waals surface area contributed by atoms with Gasteiger partial charge in [-0.05, 0) is 45.3 Å². The number of halogens is 1. The van der Waals surface area contributed by atoms with E-state index in [0.29, 0.717) is 28.9 Å². The summed E-state index contributed by atoms with van der Waals surface area (Å²) in [6.45, 7) is 0.771. The van der Waals surface area contributed by atoms with Crippen LogP contribution in [0, 0.1) is 0 Å². The summed E-state index contributed by atoms with van der Waals surface area (Å²) >= 11 is 3.33. The van der Waals surface area contributed by atoms with Crippen molar-refractivity contribution in [1.82, 2.24) is 4.57 Å². The van der Waals surface area contributed by atoms with Gasteiger partial charge in [-0.1, -0.05) is 42.5 Å². The SMILES string of the molecule is NC(=O)c1ccc(Cn2ccc(OCc3ccccc3)c(Br)c2=O)cc1. The van der Waals surface area contributed by atoms with Gasteiger partial charge in [0.1, 0.15) is 16.8 Å². The average molecular weight is 413 g/mol. The van der Waals surface area contributed by atoms with Crippen molar-refractivity contribution in [3.63, 3.8) is 0 Å². The van der Waals surface area contributed by atoms with Crippen molar-refractivity contribution in [1.29, 1.82) is 0 Å². The third-order valence-electron chi connectivity index (χ3n) is 3.90. The highest BCUT2D eigenvalue weighted by Crippen LogP contribution is 2.21. The van der Waals surface area contributed by atoms with E-state index in [1.807, 2.05) is 30.3 Å². The fraction of sp³-hybridized carbons (Fsp3) is 0.100. The van der Waals surface area contributed by atoms with Crippen LogP contribution in [0.1, 0.15) is 21.5 Å². The van der Waals surface area contributed by atoms with Gasteiger partial charge in [0.25, 0.3) is 5.56 Å². The number of benzene rings is 2. The summed E-state index contributed by atoms with van der Waals surface area (Å²) in [4.78, 5) is 23.7. The van der Waals surface area contributed by atoms with Crippen molar-refractivity contribution in [2.75, 3.05) is 0 Å². The van der Waals surface area contributed by atoms with Crippen LogP contribution in [0.4, 0.5) is 0 Å². The minimum atomic E-state index is -0.476. The van der Waals surface area contributed by atoms with Gasteiger partial charge in [0.2, 0.25) is 5.91 Å². The van der Waals surface area contributed by atoms with Gasteiger partial charge in [-0.25, -0.2) is 0 Å². The highest BCUT2D eigenvalue weighted by Gasteiger charge is 2.10. The number of carbonyl (C=O) groups excluding carboxylic acids is 1. The Morgan fingerprint density at radius 1 is 1.00 bits per heavy atom. The summed E-state index contributed by atoms with van der Waals surface area (Å²) < 4.78 is 7.69. The molecule has 6 heteroatoms. The first-order valence-corrected chi connectivity index (χ1v) is 8.78. The van der Waals surface area contributed by atoms with Crippen molar-refractivity contribution in [2.24, 2.45) is 5.73 Å². The number of aromatic nitrogens is 1. The second-order valence-corrected chi connectivity index (χ2v) is 6.56. The molecule has 0 saturated carbocycles. The van der Waals surface area contributed by atoms with Crippen molar-refractivity contribution >= 4 is 21.8 Å². The van der Waals surface area contributed by atoms with Crippen LogP contribution in [0.25, 0.3) is 0 Å². The molecule has 5 nitrogen and oxygen atoms in total. The highest BCUT2D eigenvalue weighted by atomic mass is 79.9. The number of nitrogens with two attached hydrogens (primary N) is 1. The van der Waals surface area contributed by atoms with Crippen LogP contribution in [0.5, 0.6) is 5.75 Å². The number of ether oxygens (including phenoxy) is 1. The van der Waals surface area contributed by atoms with E-state index in [4.69, 9.17) is 10.5 Å². The second-order valence-electron chi connectivity index (χ2n) is 5.76. The zero-order chi connectivity index (χ0) is 18.5. The molecule has 0 fully saturated rings. The predicted molar refractivity (Wildman–Crippen MR) is 103 cm³/mol. The first-order chi connectivity index (χ1) is 12.5. The lowest BCUT2D eigenvalue weighted by Crippen LogP contribution is -2.21. The molecular weight excluding hydrogens is 396 g/mol. The van der Waals surface area contributed by atoms with Gasteiger partial charge in [0, 0.05) is 11.8 Å². The first-order valence-electron chi connectivity index (χ1n) is 7.99. The van der Waals surface area contributed by atoms with E-state index in [0.717, 1.165) is 11.1 Å². The van der Waals surface area contributed by atoms with E-state index < -0.39 is 5.91 Å². The number of carbonyl (C=O) groups is 1. The Balaban J connectivity index is 1.74. The number of hydrogen-bond donors (Lipinski definition) is 1. The highest BCUT2D eigenvalue weighted by molar-refractivity contribution is 9.10. The molecular formula is C20H17BrN2O3. The van der Waals surface area contributed by atoms with Crippen molar-refractivity contribution in [2.45, 2.75) is 13.2 Å². The van der Waals surface area contributed by atoms with Crippen LogP contribution in [0.2, 0.25) is 0 Å². The molecule has 0 spiro atoms. The topological polar surface area (TPSA) is 74.3 Å². The number of primary amides is 1. The molecule has 0 saturated heterocycles. The van der Waals surface area contributed by atoms with E-state index in [1.165, 1.54) is 0 Å². The number of rotatable bonds is 6. The summed E-state index contributed by atoms with van der Waals surface area (Å²) in [5.74, 6) is 0.0237. The molecule has 26 heavy (non-hydrogen) atoms. The van der Waals surface area contributed by atoms with Gasteiger partial charge in [-0.2, -0.15) is 0 Å². The smallest absolute Gasteiger partial charge is 0.268 e. The molecule has 1 amide bonds. The van der Waals surface area contributed by atoms with E-state index in [9.17, 15) is 9.59 Å². The van der Waals surface area contributed by atoms with Crippen LogP contribution in [-0.4, -0.2) is 10.5 Å². The van der Waals surface area contributed by atoms with Gasteiger partial charge < -0.3 is 15.0 Å². The number of nitrogens with zero attached hydrogens (tertiary/aromatic N) is 1. The molecule has 0 aliphatic rings. The average Bonchev–Trinajstić information content (AvgIpc) is 2.66. The summed E-state index contributed by atoms with van der Waals surface area (Å²) in [7, 11) is 0. The third kappa shape index (κ3) is 4.21. The van der Waals surface area contributed by atoms with Crippen LogP contribution in [-0.2, 0) is 13.2 Å². The zero-order valence-corrected chi connectivity index (χ0v) is 15.5. The maximum absolute atomic E-state index is 12.5. The summed E-state index contributed by atoms with van der Waals surface area (Å²) in [5.41, 5.74) is 7.40. The van der Waals surface area contributed by atoms with Gasteiger partial charge in [-0.3, -0.25) is 9.59 Å². The fourth-order valence-corrected chi connectivity index (χ4v) is 2.95. The Kier molecular flexibility index (Phi) is 5.53.